The van der Waals surface area contributed by atoms with Gasteiger partial charge in [-0.1, -0.05) is 42.5 Å². The Hall–Kier alpha value is -3.08. The van der Waals surface area contributed by atoms with Gasteiger partial charge < -0.3 is 10.4 Å². The average Bonchev–Trinajstić information content (AvgIpc) is 3.03. The van der Waals surface area contributed by atoms with Crippen molar-refractivity contribution < 1.29 is 5.11 Å². The average molecular weight is 290 g/mol. The van der Waals surface area contributed by atoms with Crippen LogP contribution in [0.2, 0.25) is 0 Å². The second-order valence-corrected chi connectivity index (χ2v) is 5.11. The summed E-state index contributed by atoms with van der Waals surface area (Å²) in [6, 6.07) is 17.3. The van der Waals surface area contributed by atoms with E-state index in [-0.39, 0.29) is 11.8 Å². The van der Waals surface area contributed by atoms with Crippen molar-refractivity contribution in [3.8, 4) is 5.75 Å². The fourth-order valence-corrected chi connectivity index (χ4v) is 2.68. The molecule has 1 aromatic heterocycles. The lowest BCUT2D eigenvalue weighted by Crippen LogP contribution is -2.20. The first-order valence-corrected chi connectivity index (χ1v) is 7.04. The number of hydrogen-bond acceptors (Lipinski definition) is 4. The van der Waals surface area contributed by atoms with E-state index in [0.29, 0.717) is 5.95 Å². The molecule has 0 saturated heterocycles. The van der Waals surface area contributed by atoms with Crippen LogP contribution in [0, 0.1) is 0 Å². The Bertz CT molecular complexity index is 839. The molecule has 0 fully saturated rings. The van der Waals surface area contributed by atoms with E-state index in [9.17, 15) is 5.11 Å². The van der Waals surface area contributed by atoms with Crippen LogP contribution >= 0.6 is 0 Å². The molecule has 2 heterocycles. The summed E-state index contributed by atoms with van der Waals surface area (Å²) in [5, 5.41) is 17.6. The number of rotatable bonds is 2. The molecule has 2 aromatic carbocycles. The van der Waals surface area contributed by atoms with E-state index in [4.69, 9.17) is 0 Å². The molecule has 0 unspecified atom stereocenters. The Kier molecular flexibility index (Phi) is 2.89. The zero-order chi connectivity index (χ0) is 14.9. The molecule has 0 spiro atoms. The lowest BCUT2D eigenvalue weighted by atomic mass is 10.0. The third-order valence-corrected chi connectivity index (χ3v) is 3.74. The van der Waals surface area contributed by atoms with Gasteiger partial charge in [0.05, 0.1) is 5.70 Å². The third-order valence-electron chi connectivity index (χ3n) is 3.74. The quantitative estimate of drug-likeness (QED) is 0.761. The molecular formula is C17H14N4O. The molecule has 0 bridgehead atoms. The van der Waals surface area contributed by atoms with Gasteiger partial charge in [-0.25, -0.2) is 4.68 Å². The van der Waals surface area contributed by atoms with Crippen LogP contribution in [0.1, 0.15) is 17.2 Å². The van der Waals surface area contributed by atoms with Crippen LogP contribution in [-0.2, 0) is 0 Å². The van der Waals surface area contributed by atoms with Gasteiger partial charge in [-0.2, -0.15) is 10.1 Å². The second-order valence-electron chi connectivity index (χ2n) is 5.11. The number of aromatic hydroxyl groups is 1. The highest BCUT2D eigenvalue weighted by Crippen LogP contribution is 2.34. The molecule has 4 rings (SSSR count). The molecule has 5 heteroatoms. The van der Waals surface area contributed by atoms with Crippen LogP contribution in [0.25, 0.3) is 5.70 Å². The van der Waals surface area contributed by atoms with Crippen molar-refractivity contribution in [2.45, 2.75) is 6.04 Å². The maximum Gasteiger partial charge on any atom is 0.226 e. The van der Waals surface area contributed by atoms with Gasteiger partial charge in [0.1, 0.15) is 18.1 Å². The minimum atomic E-state index is -0.0606. The predicted molar refractivity (Wildman–Crippen MR) is 84.3 cm³/mol. The highest BCUT2D eigenvalue weighted by molar-refractivity contribution is 5.79. The minimum absolute atomic E-state index is 0.0606. The molecule has 0 amide bonds. The number of hydrogen-bond donors (Lipinski definition) is 2. The summed E-state index contributed by atoms with van der Waals surface area (Å²) in [6.07, 6.45) is 3.58. The van der Waals surface area contributed by atoms with Crippen molar-refractivity contribution in [3.05, 3.63) is 78.1 Å². The van der Waals surface area contributed by atoms with Crippen LogP contribution < -0.4 is 5.32 Å². The molecule has 3 aromatic rings. The fraction of sp³-hybridized carbons (Fsp3) is 0.0588. The van der Waals surface area contributed by atoms with E-state index in [1.165, 1.54) is 6.33 Å². The Morgan fingerprint density at radius 1 is 1.00 bits per heavy atom. The summed E-state index contributed by atoms with van der Waals surface area (Å²) in [5.41, 5.74) is 2.69. The number of aromatic nitrogens is 3. The smallest absolute Gasteiger partial charge is 0.226 e. The number of nitrogens with zero attached hydrogens (tertiary/aromatic N) is 3. The third kappa shape index (κ3) is 2.03. The van der Waals surface area contributed by atoms with Crippen molar-refractivity contribution in [1.29, 1.82) is 0 Å². The van der Waals surface area contributed by atoms with Gasteiger partial charge in [0, 0.05) is 5.56 Å². The molecule has 2 N–H and O–H groups in total. The zero-order valence-corrected chi connectivity index (χ0v) is 11.7. The number of fused-ring (bicyclic) bond motifs is 1. The Morgan fingerprint density at radius 2 is 1.77 bits per heavy atom. The maximum atomic E-state index is 10.1. The lowest BCUT2D eigenvalue weighted by molar-refractivity contribution is 0.473. The standard InChI is InChI=1S/C17H14N4O/c22-16-9-5-4-8-13(16)14-10-15(12-6-2-1-3-7-12)21-17(20-14)18-11-19-21/h1-11,15,22H,(H,18,19,20)/t15-/m1/s1. The van der Waals surface area contributed by atoms with E-state index in [0.717, 1.165) is 16.8 Å². The summed E-state index contributed by atoms with van der Waals surface area (Å²) < 4.78 is 1.83. The predicted octanol–water partition coefficient (Wildman–Crippen LogP) is 3.04. The molecule has 108 valence electrons. The van der Waals surface area contributed by atoms with E-state index in [1.807, 2.05) is 41.1 Å². The van der Waals surface area contributed by atoms with E-state index in [2.05, 4.69) is 27.5 Å². The molecular weight excluding hydrogens is 276 g/mol. The summed E-state index contributed by atoms with van der Waals surface area (Å²) in [4.78, 5) is 4.26. The number of benzene rings is 2. The zero-order valence-electron chi connectivity index (χ0n) is 11.7. The van der Waals surface area contributed by atoms with E-state index in [1.54, 1.807) is 12.1 Å². The van der Waals surface area contributed by atoms with Gasteiger partial charge in [-0.3, -0.25) is 0 Å². The van der Waals surface area contributed by atoms with E-state index >= 15 is 0 Å². The normalized spacial score (nSPS) is 16.5. The molecule has 0 radical (unpaired) electrons. The van der Waals surface area contributed by atoms with Crippen molar-refractivity contribution in [2.24, 2.45) is 0 Å². The number of para-hydroxylation sites is 1. The molecule has 0 saturated carbocycles. The Balaban J connectivity index is 1.85. The fourth-order valence-electron chi connectivity index (χ4n) is 2.68. The number of phenols is 1. The first kappa shape index (κ1) is 12.6. The molecule has 0 aliphatic carbocycles. The highest BCUT2D eigenvalue weighted by atomic mass is 16.3. The number of nitrogens with one attached hydrogen (secondary N) is 1. The summed E-state index contributed by atoms with van der Waals surface area (Å²) >= 11 is 0. The molecule has 1 atom stereocenters. The van der Waals surface area contributed by atoms with Crippen LogP contribution in [0.5, 0.6) is 5.75 Å². The van der Waals surface area contributed by atoms with Crippen molar-refractivity contribution >= 4 is 11.6 Å². The topological polar surface area (TPSA) is 63.0 Å². The summed E-state index contributed by atoms with van der Waals surface area (Å²) in [6.45, 7) is 0. The molecule has 1 aliphatic rings. The van der Waals surface area contributed by atoms with Crippen molar-refractivity contribution in [2.75, 3.05) is 5.32 Å². The summed E-state index contributed by atoms with van der Waals surface area (Å²) in [5.74, 6) is 0.899. The SMILES string of the molecule is Oc1ccccc1C1=C[C@H](c2ccccc2)n2ncnc2N1. The van der Waals surface area contributed by atoms with Crippen LogP contribution in [0.3, 0.4) is 0 Å². The van der Waals surface area contributed by atoms with Gasteiger partial charge in [0.2, 0.25) is 5.95 Å². The molecule has 1 aliphatic heterocycles. The number of phenolic OH excluding ortho intramolecular Hbond substituents is 1. The van der Waals surface area contributed by atoms with E-state index < -0.39 is 0 Å². The number of allylic oxidation sites excluding steroid dienone is 1. The van der Waals surface area contributed by atoms with Crippen molar-refractivity contribution in [3.63, 3.8) is 0 Å². The first-order valence-electron chi connectivity index (χ1n) is 7.04. The van der Waals surface area contributed by atoms with Crippen molar-refractivity contribution in [1.82, 2.24) is 14.8 Å². The molecule has 22 heavy (non-hydrogen) atoms. The van der Waals surface area contributed by atoms with Gasteiger partial charge >= 0.3 is 0 Å². The lowest BCUT2D eigenvalue weighted by Gasteiger charge is -2.24. The minimum Gasteiger partial charge on any atom is -0.507 e. The van der Waals surface area contributed by atoms with Gasteiger partial charge in [0.15, 0.2) is 0 Å². The number of anilines is 1. The van der Waals surface area contributed by atoms with Crippen LogP contribution in [0.15, 0.2) is 67.0 Å². The largest absolute Gasteiger partial charge is 0.507 e. The van der Waals surface area contributed by atoms with Gasteiger partial charge in [-0.15, -0.1) is 0 Å². The van der Waals surface area contributed by atoms with Crippen LogP contribution in [0.4, 0.5) is 5.95 Å². The highest BCUT2D eigenvalue weighted by Gasteiger charge is 2.24. The van der Waals surface area contributed by atoms with Crippen LogP contribution in [-0.4, -0.2) is 19.9 Å². The summed E-state index contributed by atoms with van der Waals surface area (Å²) in [7, 11) is 0. The van der Waals surface area contributed by atoms with Gasteiger partial charge in [-0.05, 0) is 23.8 Å². The monoisotopic (exact) mass is 290 g/mol. The maximum absolute atomic E-state index is 10.1. The Labute approximate surface area is 127 Å². The Morgan fingerprint density at radius 3 is 2.59 bits per heavy atom. The van der Waals surface area contributed by atoms with Gasteiger partial charge in [0.25, 0.3) is 0 Å². The first-order chi connectivity index (χ1) is 10.8. The molecule has 5 nitrogen and oxygen atoms in total. The second kappa shape index (κ2) is 5.04.